The number of anilines is 2. The van der Waals surface area contributed by atoms with Gasteiger partial charge >= 0.3 is 5.69 Å². The van der Waals surface area contributed by atoms with E-state index in [0.717, 1.165) is 16.9 Å². The van der Waals surface area contributed by atoms with Crippen molar-refractivity contribution < 1.29 is 0 Å². The molecule has 130 valence electrons. The molecular formula is C18H20N4O2S. The van der Waals surface area contributed by atoms with Crippen molar-refractivity contribution in [3.8, 4) is 0 Å². The van der Waals surface area contributed by atoms with Crippen molar-refractivity contribution in [3.05, 3.63) is 79.1 Å². The number of rotatable bonds is 6. The van der Waals surface area contributed by atoms with Crippen LogP contribution in [0.15, 0.2) is 57.4 Å². The van der Waals surface area contributed by atoms with E-state index in [2.05, 4.69) is 10.3 Å². The Bertz CT molecular complexity index is 945. The third-order valence-corrected chi connectivity index (χ3v) is 5.02. The third-order valence-electron chi connectivity index (χ3n) is 4.04. The van der Waals surface area contributed by atoms with E-state index in [9.17, 15) is 9.59 Å². The summed E-state index contributed by atoms with van der Waals surface area (Å²) in [5.74, 6) is 0.146. The Morgan fingerprint density at radius 1 is 1.20 bits per heavy atom. The van der Waals surface area contributed by atoms with Gasteiger partial charge in [0.2, 0.25) is 0 Å². The molecule has 7 heteroatoms. The maximum Gasteiger partial charge on any atom is 0.330 e. The number of H-pyrrole nitrogens is 1. The highest BCUT2D eigenvalue weighted by molar-refractivity contribution is 7.10. The molecule has 0 spiro atoms. The van der Waals surface area contributed by atoms with Gasteiger partial charge in [-0.15, -0.1) is 11.3 Å². The predicted molar refractivity (Wildman–Crippen MR) is 102 cm³/mol. The second-order valence-corrected chi connectivity index (χ2v) is 6.69. The van der Waals surface area contributed by atoms with Crippen molar-refractivity contribution in [2.45, 2.75) is 25.9 Å². The molecule has 0 saturated carbocycles. The first kappa shape index (κ1) is 17.0. The van der Waals surface area contributed by atoms with Crippen LogP contribution in [0.3, 0.4) is 0 Å². The van der Waals surface area contributed by atoms with Crippen molar-refractivity contribution in [1.82, 2.24) is 9.55 Å². The highest BCUT2D eigenvalue weighted by Crippen LogP contribution is 2.26. The van der Waals surface area contributed by atoms with Gasteiger partial charge in [-0.2, -0.15) is 0 Å². The summed E-state index contributed by atoms with van der Waals surface area (Å²) >= 11 is 1.61. The summed E-state index contributed by atoms with van der Waals surface area (Å²) in [6.45, 7) is 2.33. The Labute approximate surface area is 149 Å². The van der Waals surface area contributed by atoms with Crippen LogP contribution >= 0.6 is 11.3 Å². The van der Waals surface area contributed by atoms with Crippen molar-refractivity contribution >= 4 is 22.8 Å². The zero-order valence-electron chi connectivity index (χ0n) is 13.9. The first-order valence-electron chi connectivity index (χ1n) is 8.06. The Morgan fingerprint density at radius 3 is 2.60 bits per heavy atom. The summed E-state index contributed by atoms with van der Waals surface area (Å²) in [6.07, 6.45) is 0.789. The number of aromatic amines is 1. The molecule has 1 atom stereocenters. The van der Waals surface area contributed by atoms with Crippen molar-refractivity contribution in [1.29, 1.82) is 0 Å². The topological polar surface area (TPSA) is 92.9 Å². The van der Waals surface area contributed by atoms with Gasteiger partial charge in [0.1, 0.15) is 11.5 Å². The maximum absolute atomic E-state index is 12.3. The van der Waals surface area contributed by atoms with Gasteiger partial charge in [-0.05, 0) is 23.4 Å². The number of hydrogen-bond donors (Lipinski definition) is 3. The molecule has 3 aromatic rings. The van der Waals surface area contributed by atoms with Crippen molar-refractivity contribution in [2.75, 3.05) is 11.1 Å². The Hall–Kier alpha value is -2.80. The molecule has 0 amide bonds. The molecule has 1 unspecified atom stereocenters. The molecule has 0 saturated heterocycles. The fraction of sp³-hybridized carbons (Fsp3) is 0.222. The minimum Gasteiger partial charge on any atom is -0.383 e. The first-order valence-corrected chi connectivity index (χ1v) is 8.94. The van der Waals surface area contributed by atoms with E-state index in [4.69, 9.17) is 5.73 Å². The summed E-state index contributed by atoms with van der Waals surface area (Å²) in [5, 5.41) is 5.19. The SMILES string of the molecule is CCC(Nc1c(N)n(Cc2ccccc2)c(=O)[nH]c1=O)c1cccs1. The number of hydrogen-bond acceptors (Lipinski definition) is 5. The first-order chi connectivity index (χ1) is 12.1. The second-order valence-electron chi connectivity index (χ2n) is 5.71. The highest BCUT2D eigenvalue weighted by atomic mass is 32.1. The van der Waals surface area contributed by atoms with Crippen LogP contribution in [0.25, 0.3) is 0 Å². The smallest absolute Gasteiger partial charge is 0.330 e. The van der Waals surface area contributed by atoms with Gasteiger partial charge < -0.3 is 11.1 Å². The molecular weight excluding hydrogens is 336 g/mol. The van der Waals surface area contributed by atoms with E-state index in [1.54, 1.807) is 11.3 Å². The average Bonchev–Trinajstić information content (AvgIpc) is 3.14. The zero-order valence-corrected chi connectivity index (χ0v) is 14.7. The van der Waals surface area contributed by atoms with Gasteiger partial charge in [-0.25, -0.2) is 4.79 Å². The summed E-state index contributed by atoms with van der Waals surface area (Å²) in [6, 6.07) is 13.4. The van der Waals surface area contributed by atoms with Gasteiger partial charge in [0.05, 0.1) is 12.6 Å². The Balaban J connectivity index is 1.98. The largest absolute Gasteiger partial charge is 0.383 e. The number of thiophene rings is 1. The minimum atomic E-state index is -0.513. The van der Waals surface area contributed by atoms with E-state index in [-0.39, 0.29) is 17.5 Å². The normalized spacial score (nSPS) is 12.0. The van der Waals surface area contributed by atoms with Crippen LogP contribution in [0, 0.1) is 0 Å². The third kappa shape index (κ3) is 3.66. The van der Waals surface area contributed by atoms with E-state index in [1.807, 2.05) is 54.8 Å². The molecule has 1 aromatic carbocycles. The number of benzene rings is 1. The van der Waals surface area contributed by atoms with Crippen LogP contribution in [-0.2, 0) is 6.54 Å². The van der Waals surface area contributed by atoms with E-state index in [0.29, 0.717) is 6.54 Å². The lowest BCUT2D eigenvalue weighted by Gasteiger charge is -2.19. The van der Waals surface area contributed by atoms with E-state index < -0.39 is 11.2 Å². The molecule has 0 radical (unpaired) electrons. The number of nitrogens with two attached hydrogens (primary N) is 1. The fourth-order valence-electron chi connectivity index (χ4n) is 2.69. The Kier molecular flexibility index (Phi) is 5.04. The molecule has 2 heterocycles. The van der Waals surface area contributed by atoms with Gasteiger partial charge in [0.15, 0.2) is 0 Å². The minimum absolute atomic E-state index is 0.0360. The highest BCUT2D eigenvalue weighted by Gasteiger charge is 2.17. The molecule has 0 fully saturated rings. The van der Waals surface area contributed by atoms with Crippen LogP contribution < -0.4 is 22.3 Å². The van der Waals surface area contributed by atoms with Crippen molar-refractivity contribution in [3.63, 3.8) is 0 Å². The van der Waals surface area contributed by atoms with Gasteiger partial charge in [0, 0.05) is 4.88 Å². The van der Waals surface area contributed by atoms with Gasteiger partial charge in [0.25, 0.3) is 5.56 Å². The lowest BCUT2D eigenvalue weighted by molar-refractivity contribution is 0.719. The quantitative estimate of drug-likeness (QED) is 0.633. The molecule has 0 aliphatic heterocycles. The number of nitrogens with one attached hydrogen (secondary N) is 2. The van der Waals surface area contributed by atoms with Crippen LogP contribution in [0.4, 0.5) is 11.5 Å². The maximum atomic E-state index is 12.3. The summed E-state index contributed by atoms with van der Waals surface area (Å²) in [7, 11) is 0. The molecule has 4 N–H and O–H groups in total. The van der Waals surface area contributed by atoms with Crippen LogP contribution in [0.1, 0.15) is 29.8 Å². The zero-order chi connectivity index (χ0) is 17.8. The molecule has 0 bridgehead atoms. The summed E-state index contributed by atoms with van der Waals surface area (Å²) in [4.78, 5) is 28.0. The summed E-state index contributed by atoms with van der Waals surface area (Å²) in [5.41, 5.74) is 6.32. The van der Waals surface area contributed by atoms with Crippen molar-refractivity contribution in [2.24, 2.45) is 0 Å². The van der Waals surface area contributed by atoms with E-state index >= 15 is 0 Å². The van der Waals surface area contributed by atoms with Crippen LogP contribution in [-0.4, -0.2) is 9.55 Å². The van der Waals surface area contributed by atoms with Gasteiger partial charge in [-0.3, -0.25) is 14.3 Å². The number of nitrogen functional groups attached to an aromatic ring is 1. The molecule has 6 nitrogen and oxygen atoms in total. The lowest BCUT2D eigenvalue weighted by atomic mass is 10.2. The van der Waals surface area contributed by atoms with Gasteiger partial charge in [-0.1, -0.05) is 43.3 Å². The number of nitrogens with zero attached hydrogens (tertiary/aromatic N) is 1. The molecule has 25 heavy (non-hydrogen) atoms. The van der Waals surface area contributed by atoms with E-state index in [1.165, 1.54) is 4.57 Å². The monoisotopic (exact) mass is 356 g/mol. The van der Waals surface area contributed by atoms with Crippen LogP contribution in [0.5, 0.6) is 0 Å². The molecule has 0 aliphatic rings. The molecule has 2 aromatic heterocycles. The number of aromatic nitrogens is 2. The van der Waals surface area contributed by atoms with Crippen LogP contribution in [0.2, 0.25) is 0 Å². The average molecular weight is 356 g/mol. The molecule has 0 aliphatic carbocycles. The lowest BCUT2D eigenvalue weighted by Crippen LogP contribution is -2.34. The fourth-order valence-corrected chi connectivity index (χ4v) is 3.55. The predicted octanol–water partition coefficient (Wildman–Crippen LogP) is 2.79. The summed E-state index contributed by atoms with van der Waals surface area (Å²) < 4.78 is 1.38. The molecule has 3 rings (SSSR count). The second kappa shape index (κ2) is 7.40. The Morgan fingerprint density at radius 2 is 1.96 bits per heavy atom. The standard InChI is InChI=1S/C18H20N4O2S/c1-2-13(14-9-6-10-25-14)20-15-16(19)22(18(24)21-17(15)23)11-12-7-4-3-5-8-12/h3-10,13,20H,2,11,19H2,1H3,(H,21,23,24).